The fourth-order valence-electron chi connectivity index (χ4n) is 2.21. The van der Waals surface area contributed by atoms with Crippen LogP contribution in [0.1, 0.15) is 12.0 Å². The fraction of sp³-hybridized carbons (Fsp3) is 0.235. The van der Waals surface area contributed by atoms with Crippen molar-refractivity contribution in [2.75, 3.05) is 19.5 Å². The van der Waals surface area contributed by atoms with E-state index in [-0.39, 0.29) is 12.3 Å². The molecule has 1 amide bonds. The van der Waals surface area contributed by atoms with Gasteiger partial charge in [0.25, 0.3) is 0 Å². The highest BCUT2D eigenvalue weighted by atomic mass is 35.5. The highest BCUT2D eigenvalue weighted by molar-refractivity contribution is 6.42. The third-order valence-corrected chi connectivity index (χ3v) is 4.07. The normalized spacial score (nSPS) is 10.3. The second-order valence-electron chi connectivity index (χ2n) is 4.82. The number of nitrogens with one attached hydrogen (secondary N) is 1. The van der Waals surface area contributed by atoms with Gasteiger partial charge in [-0.05, 0) is 36.8 Å². The Hall–Kier alpha value is -1.91. The molecule has 0 aliphatic rings. The van der Waals surface area contributed by atoms with E-state index in [1.165, 1.54) is 0 Å². The van der Waals surface area contributed by atoms with Gasteiger partial charge < -0.3 is 14.8 Å². The second-order valence-corrected chi connectivity index (χ2v) is 5.63. The molecule has 2 rings (SSSR count). The molecule has 0 spiro atoms. The molecule has 4 nitrogen and oxygen atoms in total. The topological polar surface area (TPSA) is 47.6 Å². The molecule has 0 fully saturated rings. The van der Waals surface area contributed by atoms with E-state index in [1.807, 2.05) is 18.2 Å². The highest BCUT2D eigenvalue weighted by Crippen LogP contribution is 2.30. The number of rotatable bonds is 6. The van der Waals surface area contributed by atoms with E-state index in [0.29, 0.717) is 33.7 Å². The Morgan fingerprint density at radius 1 is 1.04 bits per heavy atom. The van der Waals surface area contributed by atoms with Crippen molar-refractivity contribution in [1.29, 1.82) is 0 Å². The zero-order chi connectivity index (χ0) is 16.8. The van der Waals surface area contributed by atoms with Gasteiger partial charge in [0.15, 0.2) is 0 Å². The first kappa shape index (κ1) is 17.4. The summed E-state index contributed by atoms with van der Waals surface area (Å²) >= 11 is 11.8. The van der Waals surface area contributed by atoms with Gasteiger partial charge >= 0.3 is 0 Å². The summed E-state index contributed by atoms with van der Waals surface area (Å²) < 4.78 is 10.6. The number of amides is 1. The van der Waals surface area contributed by atoms with Crippen LogP contribution in [0.3, 0.4) is 0 Å². The number of hydrogen-bond acceptors (Lipinski definition) is 3. The molecule has 2 aromatic rings. The summed E-state index contributed by atoms with van der Waals surface area (Å²) in [5, 5.41) is 3.64. The Morgan fingerprint density at radius 3 is 2.26 bits per heavy atom. The first-order valence-electron chi connectivity index (χ1n) is 7.00. The van der Waals surface area contributed by atoms with E-state index in [2.05, 4.69) is 5.32 Å². The maximum absolute atomic E-state index is 12.1. The van der Waals surface area contributed by atoms with E-state index in [9.17, 15) is 4.79 Å². The number of methoxy groups -OCH3 is 2. The van der Waals surface area contributed by atoms with Gasteiger partial charge in [-0.2, -0.15) is 0 Å². The molecule has 0 radical (unpaired) electrons. The van der Waals surface area contributed by atoms with Gasteiger partial charge in [0.05, 0.1) is 24.3 Å². The second kappa shape index (κ2) is 8.09. The molecule has 0 saturated heterocycles. The van der Waals surface area contributed by atoms with Crippen molar-refractivity contribution < 1.29 is 14.3 Å². The van der Waals surface area contributed by atoms with E-state index in [1.54, 1.807) is 32.4 Å². The summed E-state index contributed by atoms with van der Waals surface area (Å²) in [4.78, 5) is 12.1. The summed E-state index contributed by atoms with van der Waals surface area (Å²) in [6.07, 6.45) is 0.789. The summed E-state index contributed by atoms with van der Waals surface area (Å²) in [6.45, 7) is 0. The number of halogens is 2. The smallest absolute Gasteiger partial charge is 0.224 e. The molecule has 0 bridgehead atoms. The minimum Gasteiger partial charge on any atom is -0.496 e. The van der Waals surface area contributed by atoms with Crippen LogP contribution in [0.25, 0.3) is 0 Å². The lowest BCUT2D eigenvalue weighted by Crippen LogP contribution is -2.13. The first-order chi connectivity index (χ1) is 11.0. The van der Waals surface area contributed by atoms with Crippen LogP contribution in [-0.2, 0) is 11.2 Å². The van der Waals surface area contributed by atoms with Crippen LogP contribution in [0.2, 0.25) is 10.0 Å². The Balaban J connectivity index is 2.03. The molecule has 122 valence electrons. The number of anilines is 1. The predicted molar refractivity (Wildman–Crippen MR) is 93.0 cm³/mol. The molecule has 0 unspecified atom stereocenters. The third kappa shape index (κ3) is 4.53. The van der Waals surface area contributed by atoms with Crippen LogP contribution >= 0.6 is 23.2 Å². The zero-order valence-electron chi connectivity index (χ0n) is 12.9. The number of ether oxygens (including phenoxy) is 2. The zero-order valence-corrected chi connectivity index (χ0v) is 14.4. The van der Waals surface area contributed by atoms with Gasteiger partial charge in [0.2, 0.25) is 5.91 Å². The number of benzene rings is 2. The van der Waals surface area contributed by atoms with E-state index in [0.717, 1.165) is 5.56 Å². The summed E-state index contributed by atoms with van der Waals surface area (Å²) in [5.41, 5.74) is 1.47. The van der Waals surface area contributed by atoms with Gasteiger partial charge in [0, 0.05) is 17.7 Å². The maximum Gasteiger partial charge on any atom is 0.224 e. The lowest BCUT2D eigenvalue weighted by Gasteiger charge is -2.13. The first-order valence-corrected chi connectivity index (χ1v) is 7.75. The molecule has 2 aromatic carbocycles. The molecular formula is C17H17Cl2NO3. The van der Waals surface area contributed by atoms with Gasteiger partial charge in [-0.3, -0.25) is 4.79 Å². The third-order valence-electron chi connectivity index (χ3n) is 3.34. The van der Waals surface area contributed by atoms with Crippen molar-refractivity contribution in [2.24, 2.45) is 0 Å². The minimum absolute atomic E-state index is 0.128. The lowest BCUT2D eigenvalue weighted by molar-refractivity contribution is -0.116. The molecule has 0 heterocycles. The van der Waals surface area contributed by atoms with Gasteiger partial charge in [-0.15, -0.1) is 0 Å². The predicted octanol–water partition coefficient (Wildman–Crippen LogP) is 4.58. The Kier molecular flexibility index (Phi) is 6.13. The SMILES string of the molecule is COc1cccc(OC)c1CCC(=O)Nc1ccc(Cl)c(Cl)c1. The molecule has 0 aromatic heterocycles. The Morgan fingerprint density at radius 2 is 1.70 bits per heavy atom. The van der Waals surface area contributed by atoms with Crippen LogP contribution in [0.15, 0.2) is 36.4 Å². The van der Waals surface area contributed by atoms with Crippen LogP contribution in [0.4, 0.5) is 5.69 Å². The minimum atomic E-state index is -0.128. The highest BCUT2D eigenvalue weighted by Gasteiger charge is 2.12. The molecule has 6 heteroatoms. The number of carbonyl (C=O) groups is 1. The van der Waals surface area contributed by atoms with E-state index in [4.69, 9.17) is 32.7 Å². The molecular weight excluding hydrogens is 337 g/mol. The lowest BCUT2D eigenvalue weighted by atomic mass is 10.1. The quantitative estimate of drug-likeness (QED) is 0.826. The van der Waals surface area contributed by atoms with Gasteiger partial charge in [-0.1, -0.05) is 29.3 Å². The number of carbonyl (C=O) groups excluding carboxylic acids is 1. The maximum atomic E-state index is 12.1. The van der Waals surface area contributed by atoms with Gasteiger partial charge in [-0.25, -0.2) is 0 Å². The average Bonchev–Trinajstić information content (AvgIpc) is 2.55. The van der Waals surface area contributed by atoms with Crippen molar-refractivity contribution in [3.63, 3.8) is 0 Å². The van der Waals surface area contributed by atoms with Crippen LogP contribution < -0.4 is 14.8 Å². The largest absolute Gasteiger partial charge is 0.496 e. The van der Waals surface area contributed by atoms with Crippen molar-refractivity contribution in [3.8, 4) is 11.5 Å². The molecule has 23 heavy (non-hydrogen) atoms. The van der Waals surface area contributed by atoms with Gasteiger partial charge in [0.1, 0.15) is 11.5 Å². The molecule has 0 saturated carbocycles. The van der Waals surface area contributed by atoms with E-state index < -0.39 is 0 Å². The number of hydrogen-bond donors (Lipinski definition) is 1. The van der Waals surface area contributed by atoms with Crippen molar-refractivity contribution >= 4 is 34.8 Å². The van der Waals surface area contributed by atoms with Crippen molar-refractivity contribution in [3.05, 3.63) is 52.0 Å². The standard InChI is InChI=1S/C17H17Cl2NO3/c1-22-15-4-3-5-16(23-2)12(15)7-9-17(21)20-11-6-8-13(18)14(19)10-11/h3-6,8,10H,7,9H2,1-2H3,(H,20,21). The molecule has 0 aliphatic carbocycles. The summed E-state index contributed by atoms with van der Waals surface area (Å²) in [7, 11) is 3.18. The van der Waals surface area contributed by atoms with Crippen LogP contribution in [-0.4, -0.2) is 20.1 Å². The average molecular weight is 354 g/mol. The van der Waals surface area contributed by atoms with Crippen molar-refractivity contribution in [1.82, 2.24) is 0 Å². The monoisotopic (exact) mass is 353 g/mol. The fourth-order valence-corrected chi connectivity index (χ4v) is 2.51. The van der Waals surface area contributed by atoms with E-state index >= 15 is 0 Å². The molecule has 0 aliphatic heterocycles. The van der Waals surface area contributed by atoms with Crippen LogP contribution in [0.5, 0.6) is 11.5 Å². The van der Waals surface area contributed by atoms with Crippen molar-refractivity contribution in [2.45, 2.75) is 12.8 Å². The van der Waals surface area contributed by atoms with Crippen LogP contribution in [0, 0.1) is 0 Å². The Bertz CT molecular complexity index is 682. The summed E-state index contributed by atoms with van der Waals surface area (Å²) in [6, 6.07) is 10.5. The molecule has 1 N–H and O–H groups in total. The molecule has 0 atom stereocenters. The Labute approximate surface area is 145 Å². The summed E-state index contributed by atoms with van der Waals surface area (Å²) in [5.74, 6) is 1.27.